The molecule has 0 aliphatic heterocycles. The molecule has 0 atom stereocenters. The lowest BCUT2D eigenvalue weighted by Crippen LogP contribution is -2.18. The van der Waals surface area contributed by atoms with Crippen molar-refractivity contribution in [2.75, 3.05) is 17.7 Å². The van der Waals surface area contributed by atoms with Gasteiger partial charge in [-0.25, -0.2) is 0 Å². The summed E-state index contributed by atoms with van der Waals surface area (Å²) in [4.78, 5) is 2.08. The van der Waals surface area contributed by atoms with E-state index < -0.39 is 0 Å². The third kappa shape index (κ3) is 2.92. The molecule has 2 N–H and O–H groups in total. The van der Waals surface area contributed by atoms with Crippen LogP contribution < -0.4 is 10.6 Å². The van der Waals surface area contributed by atoms with Gasteiger partial charge in [0.05, 0.1) is 23.0 Å². The number of rotatable bonds is 3. The molecule has 2 rings (SSSR count). The van der Waals surface area contributed by atoms with E-state index >= 15 is 0 Å². The molecule has 0 aromatic heterocycles. The monoisotopic (exact) mass is 265 g/mol. The molecule has 3 heteroatoms. The van der Waals surface area contributed by atoms with Crippen LogP contribution in [0.5, 0.6) is 0 Å². The number of nitriles is 1. The molecule has 20 heavy (non-hydrogen) atoms. The van der Waals surface area contributed by atoms with Gasteiger partial charge in [-0.2, -0.15) is 5.26 Å². The molecule has 2 aromatic rings. The molecule has 0 spiro atoms. The van der Waals surface area contributed by atoms with Crippen molar-refractivity contribution in [1.82, 2.24) is 0 Å². The number of nitrogens with zero attached hydrogens (tertiary/aromatic N) is 2. The summed E-state index contributed by atoms with van der Waals surface area (Å²) < 4.78 is 0. The van der Waals surface area contributed by atoms with E-state index in [4.69, 9.17) is 11.0 Å². The zero-order chi connectivity index (χ0) is 14.7. The second kappa shape index (κ2) is 5.66. The Morgan fingerprint density at radius 2 is 1.90 bits per heavy atom. The number of aryl methyl sites for hydroxylation is 2. The molecule has 0 unspecified atom stereocenters. The normalized spacial score (nSPS) is 10.1. The smallest absolute Gasteiger partial charge is 0.0992 e. The van der Waals surface area contributed by atoms with Crippen LogP contribution in [0.4, 0.5) is 11.4 Å². The number of benzene rings is 2. The molecule has 0 saturated carbocycles. The first-order valence-corrected chi connectivity index (χ1v) is 6.58. The third-order valence-electron chi connectivity index (χ3n) is 3.48. The highest BCUT2D eigenvalue weighted by molar-refractivity contribution is 5.69. The Hall–Kier alpha value is -2.47. The molecule has 0 fully saturated rings. The average molecular weight is 265 g/mol. The van der Waals surface area contributed by atoms with Crippen molar-refractivity contribution in [1.29, 1.82) is 5.26 Å². The fourth-order valence-electron chi connectivity index (χ4n) is 2.31. The van der Waals surface area contributed by atoms with E-state index in [0.29, 0.717) is 11.3 Å². The van der Waals surface area contributed by atoms with E-state index in [9.17, 15) is 0 Å². The van der Waals surface area contributed by atoms with Crippen molar-refractivity contribution in [2.45, 2.75) is 20.4 Å². The Balaban J connectivity index is 2.28. The van der Waals surface area contributed by atoms with Crippen molar-refractivity contribution in [3.63, 3.8) is 0 Å². The van der Waals surface area contributed by atoms with Crippen LogP contribution in [0, 0.1) is 25.2 Å². The van der Waals surface area contributed by atoms with Gasteiger partial charge in [0, 0.05) is 13.6 Å². The third-order valence-corrected chi connectivity index (χ3v) is 3.48. The zero-order valence-corrected chi connectivity index (χ0v) is 12.1. The summed E-state index contributed by atoms with van der Waals surface area (Å²) in [5, 5.41) is 8.99. The lowest BCUT2D eigenvalue weighted by molar-refractivity contribution is 0.914. The molecule has 0 aliphatic carbocycles. The van der Waals surface area contributed by atoms with E-state index in [2.05, 4.69) is 43.0 Å². The molecule has 0 heterocycles. The Kier molecular flexibility index (Phi) is 3.95. The molecule has 0 radical (unpaired) electrons. The zero-order valence-electron chi connectivity index (χ0n) is 12.1. The molecular weight excluding hydrogens is 246 g/mol. The molecule has 0 amide bonds. The lowest BCUT2D eigenvalue weighted by atomic mass is 10.0. The maximum Gasteiger partial charge on any atom is 0.0992 e. The highest BCUT2D eigenvalue weighted by Gasteiger charge is 2.09. The Morgan fingerprint density at radius 3 is 2.55 bits per heavy atom. The summed E-state index contributed by atoms with van der Waals surface area (Å²) in [5.74, 6) is 0. The second-order valence-corrected chi connectivity index (χ2v) is 5.17. The van der Waals surface area contributed by atoms with Gasteiger partial charge >= 0.3 is 0 Å². The quantitative estimate of drug-likeness (QED) is 0.865. The Bertz CT molecular complexity index is 668. The summed E-state index contributed by atoms with van der Waals surface area (Å²) in [6, 6.07) is 13.9. The van der Waals surface area contributed by atoms with Crippen molar-refractivity contribution >= 4 is 11.4 Å². The fraction of sp³-hybridized carbons (Fsp3) is 0.235. The number of nitrogens with two attached hydrogens (primary N) is 1. The SMILES string of the molecule is Cc1ccc(CN(C)c2cc(C#N)ccc2N)c(C)c1. The summed E-state index contributed by atoms with van der Waals surface area (Å²) in [5.41, 5.74) is 12.0. The molecule has 0 saturated heterocycles. The minimum atomic E-state index is 0.627. The van der Waals surface area contributed by atoms with E-state index in [0.717, 1.165) is 12.2 Å². The van der Waals surface area contributed by atoms with Gasteiger partial charge in [-0.1, -0.05) is 23.8 Å². The first-order valence-electron chi connectivity index (χ1n) is 6.58. The molecule has 102 valence electrons. The summed E-state index contributed by atoms with van der Waals surface area (Å²) >= 11 is 0. The van der Waals surface area contributed by atoms with Crippen molar-refractivity contribution in [2.24, 2.45) is 0 Å². The van der Waals surface area contributed by atoms with Crippen LogP contribution in [0.15, 0.2) is 36.4 Å². The minimum Gasteiger partial charge on any atom is -0.397 e. The van der Waals surface area contributed by atoms with E-state index in [1.807, 2.05) is 13.1 Å². The molecular formula is C17H19N3. The number of nitrogen functional groups attached to an aromatic ring is 1. The van der Waals surface area contributed by atoms with Crippen LogP contribution in [0.1, 0.15) is 22.3 Å². The summed E-state index contributed by atoms with van der Waals surface area (Å²) in [6.07, 6.45) is 0. The van der Waals surface area contributed by atoms with Crippen LogP contribution >= 0.6 is 0 Å². The largest absolute Gasteiger partial charge is 0.397 e. The van der Waals surface area contributed by atoms with Gasteiger partial charge in [0.25, 0.3) is 0 Å². The van der Waals surface area contributed by atoms with Gasteiger partial charge in [0.15, 0.2) is 0 Å². The molecule has 2 aromatic carbocycles. The highest BCUT2D eigenvalue weighted by Crippen LogP contribution is 2.25. The van der Waals surface area contributed by atoms with Crippen LogP contribution in [-0.2, 0) is 6.54 Å². The summed E-state index contributed by atoms with van der Waals surface area (Å²) in [7, 11) is 1.99. The first-order chi connectivity index (χ1) is 9.51. The minimum absolute atomic E-state index is 0.627. The van der Waals surface area contributed by atoms with Gasteiger partial charge in [0.1, 0.15) is 0 Å². The van der Waals surface area contributed by atoms with Crippen molar-refractivity contribution in [3.8, 4) is 6.07 Å². The fourth-order valence-corrected chi connectivity index (χ4v) is 2.31. The van der Waals surface area contributed by atoms with Gasteiger partial charge in [-0.15, -0.1) is 0 Å². The first kappa shape index (κ1) is 14.0. The van der Waals surface area contributed by atoms with Crippen LogP contribution in [0.25, 0.3) is 0 Å². The van der Waals surface area contributed by atoms with E-state index in [1.54, 1.807) is 12.1 Å². The van der Waals surface area contributed by atoms with Gasteiger partial charge in [-0.3, -0.25) is 0 Å². The van der Waals surface area contributed by atoms with E-state index in [1.165, 1.54) is 16.7 Å². The summed E-state index contributed by atoms with van der Waals surface area (Å²) in [6.45, 7) is 4.98. The number of hydrogen-bond donors (Lipinski definition) is 1. The van der Waals surface area contributed by atoms with Crippen LogP contribution in [0.3, 0.4) is 0 Å². The van der Waals surface area contributed by atoms with Crippen molar-refractivity contribution in [3.05, 3.63) is 58.7 Å². The predicted molar refractivity (Wildman–Crippen MR) is 83.6 cm³/mol. The Morgan fingerprint density at radius 1 is 1.15 bits per heavy atom. The average Bonchev–Trinajstić information content (AvgIpc) is 2.42. The molecule has 0 aliphatic rings. The van der Waals surface area contributed by atoms with Gasteiger partial charge in [-0.05, 0) is 43.2 Å². The topological polar surface area (TPSA) is 53.0 Å². The van der Waals surface area contributed by atoms with Crippen molar-refractivity contribution < 1.29 is 0 Å². The standard InChI is InChI=1S/C17H19N3/c1-12-4-6-15(13(2)8-12)11-20(3)17-9-14(10-18)5-7-16(17)19/h4-9H,11,19H2,1-3H3. The second-order valence-electron chi connectivity index (χ2n) is 5.17. The van der Waals surface area contributed by atoms with Gasteiger partial charge in [0.2, 0.25) is 0 Å². The maximum atomic E-state index is 8.99. The highest BCUT2D eigenvalue weighted by atomic mass is 15.1. The van der Waals surface area contributed by atoms with E-state index in [-0.39, 0.29) is 0 Å². The Labute approximate surface area is 120 Å². The van der Waals surface area contributed by atoms with Crippen LogP contribution in [-0.4, -0.2) is 7.05 Å². The number of hydrogen-bond acceptors (Lipinski definition) is 3. The molecule has 3 nitrogen and oxygen atoms in total. The maximum absolute atomic E-state index is 8.99. The number of anilines is 2. The van der Waals surface area contributed by atoms with Gasteiger partial charge < -0.3 is 10.6 Å². The molecule has 0 bridgehead atoms. The predicted octanol–water partition coefficient (Wildman–Crippen LogP) is 3.39. The lowest BCUT2D eigenvalue weighted by Gasteiger charge is -2.22. The van der Waals surface area contributed by atoms with Crippen LogP contribution in [0.2, 0.25) is 0 Å².